The summed E-state index contributed by atoms with van der Waals surface area (Å²) in [7, 11) is 0. The van der Waals surface area contributed by atoms with Crippen LogP contribution in [0.2, 0.25) is 0 Å². The fourth-order valence-electron chi connectivity index (χ4n) is 2.01. The Balaban J connectivity index is 2.25. The largest absolute Gasteiger partial charge is 0.416 e. The van der Waals surface area contributed by atoms with Crippen LogP contribution in [0.1, 0.15) is 5.56 Å². The molecule has 2 heterocycles. The smallest absolute Gasteiger partial charge is 0.266 e. The molecule has 0 saturated heterocycles. The molecular formula is C13H6F4N4O. The van der Waals surface area contributed by atoms with E-state index in [1.165, 1.54) is 6.20 Å². The van der Waals surface area contributed by atoms with E-state index in [1.54, 1.807) is 0 Å². The van der Waals surface area contributed by atoms with E-state index in [4.69, 9.17) is 0 Å². The van der Waals surface area contributed by atoms with Crippen molar-refractivity contribution in [2.24, 2.45) is 0 Å². The summed E-state index contributed by atoms with van der Waals surface area (Å²) in [4.78, 5) is 19.2. The maximum atomic E-state index is 14.0. The van der Waals surface area contributed by atoms with Crippen LogP contribution in [0.25, 0.3) is 22.2 Å². The predicted octanol–water partition coefficient (Wildman–Crippen LogP) is 2.54. The summed E-state index contributed by atoms with van der Waals surface area (Å²) in [6.07, 6.45) is -2.40. The van der Waals surface area contributed by atoms with Gasteiger partial charge in [-0.25, -0.2) is 19.5 Å². The maximum absolute atomic E-state index is 14.0. The van der Waals surface area contributed by atoms with E-state index < -0.39 is 23.1 Å². The van der Waals surface area contributed by atoms with E-state index in [9.17, 15) is 22.4 Å². The number of nitrogens with one attached hydrogen (secondary N) is 1. The number of H-pyrrole nitrogens is 1. The molecule has 0 bridgehead atoms. The Morgan fingerprint density at radius 2 is 1.91 bits per heavy atom. The molecule has 9 heteroatoms. The lowest BCUT2D eigenvalue weighted by molar-refractivity contribution is -0.137. The third-order valence-corrected chi connectivity index (χ3v) is 3.01. The quantitative estimate of drug-likeness (QED) is 0.701. The van der Waals surface area contributed by atoms with Gasteiger partial charge in [0.05, 0.1) is 22.8 Å². The minimum Gasteiger partial charge on any atom is -0.266 e. The van der Waals surface area contributed by atoms with Crippen molar-refractivity contribution in [3.63, 3.8) is 0 Å². The van der Waals surface area contributed by atoms with Gasteiger partial charge in [0, 0.05) is 5.56 Å². The molecular weight excluding hydrogens is 304 g/mol. The lowest BCUT2D eigenvalue weighted by Crippen LogP contribution is -2.10. The molecule has 22 heavy (non-hydrogen) atoms. The van der Waals surface area contributed by atoms with Crippen LogP contribution in [-0.2, 0) is 6.18 Å². The fourth-order valence-corrected chi connectivity index (χ4v) is 2.01. The molecule has 3 aromatic rings. The van der Waals surface area contributed by atoms with Crippen LogP contribution in [0, 0.1) is 5.82 Å². The van der Waals surface area contributed by atoms with Crippen molar-refractivity contribution in [2.75, 3.05) is 0 Å². The van der Waals surface area contributed by atoms with Gasteiger partial charge in [0.1, 0.15) is 17.7 Å². The first-order valence-electron chi connectivity index (χ1n) is 5.93. The van der Waals surface area contributed by atoms with Gasteiger partial charge < -0.3 is 0 Å². The van der Waals surface area contributed by atoms with E-state index in [-0.39, 0.29) is 22.2 Å². The van der Waals surface area contributed by atoms with Gasteiger partial charge in [-0.3, -0.25) is 4.79 Å². The summed E-state index contributed by atoms with van der Waals surface area (Å²) in [5.41, 5.74) is -1.92. The van der Waals surface area contributed by atoms with Crippen LogP contribution in [0.3, 0.4) is 0 Å². The number of alkyl halides is 3. The first kappa shape index (κ1) is 14.1. The van der Waals surface area contributed by atoms with Crippen LogP contribution in [0.4, 0.5) is 17.6 Å². The minimum absolute atomic E-state index is 0.00479. The molecule has 0 atom stereocenters. The topological polar surface area (TPSA) is 71.5 Å². The van der Waals surface area contributed by atoms with Crippen molar-refractivity contribution in [1.29, 1.82) is 0 Å². The number of rotatable bonds is 1. The third-order valence-electron chi connectivity index (χ3n) is 3.01. The second kappa shape index (κ2) is 4.86. The van der Waals surface area contributed by atoms with E-state index in [0.29, 0.717) is 6.07 Å². The Morgan fingerprint density at radius 3 is 2.59 bits per heavy atom. The average molecular weight is 310 g/mol. The van der Waals surface area contributed by atoms with E-state index in [0.717, 1.165) is 18.5 Å². The number of fused-ring (bicyclic) bond motifs is 1. The van der Waals surface area contributed by atoms with E-state index in [1.807, 2.05) is 0 Å². The zero-order chi connectivity index (χ0) is 15.9. The standard InChI is InChI=1S/C13H6F4N4O/c14-9-3-6(13(15,16)17)1-2-7(9)10-8-4-20-21-12(22)11(8)19-5-18-10/h1-5H,(H,21,22). The van der Waals surface area contributed by atoms with Crippen molar-refractivity contribution in [2.45, 2.75) is 6.18 Å². The molecule has 2 aromatic heterocycles. The number of hydrogen-bond donors (Lipinski definition) is 1. The Morgan fingerprint density at radius 1 is 1.14 bits per heavy atom. The monoisotopic (exact) mass is 310 g/mol. The minimum atomic E-state index is -4.65. The van der Waals surface area contributed by atoms with E-state index >= 15 is 0 Å². The highest BCUT2D eigenvalue weighted by molar-refractivity contribution is 5.90. The second-order valence-corrected chi connectivity index (χ2v) is 4.38. The van der Waals surface area contributed by atoms with Crippen molar-refractivity contribution in [3.05, 3.63) is 52.5 Å². The van der Waals surface area contributed by atoms with Gasteiger partial charge in [-0.05, 0) is 18.2 Å². The lowest BCUT2D eigenvalue weighted by Gasteiger charge is -2.09. The molecule has 0 spiro atoms. The lowest BCUT2D eigenvalue weighted by atomic mass is 10.1. The molecule has 3 rings (SSSR count). The number of nitrogens with zero attached hydrogens (tertiary/aromatic N) is 3. The highest BCUT2D eigenvalue weighted by atomic mass is 19.4. The second-order valence-electron chi connectivity index (χ2n) is 4.38. The molecule has 0 radical (unpaired) electrons. The van der Waals surface area contributed by atoms with Crippen LogP contribution in [0.15, 0.2) is 35.5 Å². The number of hydrogen-bond acceptors (Lipinski definition) is 4. The van der Waals surface area contributed by atoms with Crippen molar-refractivity contribution in [3.8, 4) is 11.3 Å². The highest BCUT2D eigenvalue weighted by Crippen LogP contribution is 2.33. The molecule has 5 nitrogen and oxygen atoms in total. The molecule has 0 amide bonds. The molecule has 1 N–H and O–H groups in total. The highest BCUT2D eigenvalue weighted by Gasteiger charge is 2.31. The zero-order valence-corrected chi connectivity index (χ0v) is 10.6. The summed E-state index contributed by atoms with van der Waals surface area (Å²) in [6, 6.07) is 2.08. The molecule has 112 valence electrons. The van der Waals surface area contributed by atoms with Crippen molar-refractivity contribution >= 4 is 10.9 Å². The van der Waals surface area contributed by atoms with Crippen LogP contribution < -0.4 is 5.56 Å². The average Bonchev–Trinajstić information content (AvgIpc) is 2.46. The van der Waals surface area contributed by atoms with Crippen LogP contribution in [-0.4, -0.2) is 20.2 Å². The summed E-state index contributed by atoms with van der Waals surface area (Å²) in [6.45, 7) is 0. The first-order valence-corrected chi connectivity index (χ1v) is 5.93. The van der Waals surface area contributed by atoms with Gasteiger partial charge in [-0.1, -0.05) is 0 Å². The van der Waals surface area contributed by atoms with Gasteiger partial charge in [-0.2, -0.15) is 18.3 Å². The van der Waals surface area contributed by atoms with Gasteiger partial charge in [-0.15, -0.1) is 0 Å². The fraction of sp³-hybridized carbons (Fsp3) is 0.0769. The summed E-state index contributed by atoms with van der Waals surface area (Å²) in [5.74, 6) is -1.10. The Bertz CT molecular complexity index is 920. The number of benzene rings is 1. The number of halogens is 4. The molecule has 1 aromatic carbocycles. The number of aromatic amines is 1. The normalized spacial score (nSPS) is 11.8. The Kier molecular flexibility index (Phi) is 3.12. The molecule has 0 saturated carbocycles. The summed E-state index contributed by atoms with van der Waals surface area (Å²) in [5, 5.41) is 5.87. The molecule has 0 unspecified atom stereocenters. The Labute approximate surface area is 119 Å². The number of aromatic nitrogens is 4. The van der Waals surface area contributed by atoms with Crippen LogP contribution in [0.5, 0.6) is 0 Å². The van der Waals surface area contributed by atoms with E-state index in [2.05, 4.69) is 20.2 Å². The van der Waals surface area contributed by atoms with Crippen LogP contribution >= 0.6 is 0 Å². The molecule has 0 aliphatic rings. The summed E-state index contributed by atoms with van der Waals surface area (Å²) >= 11 is 0. The van der Waals surface area contributed by atoms with Gasteiger partial charge in [0.15, 0.2) is 0 Å². The third kappa shape index (κ3) is 2.30. The maximum Gasteiger partial charge on any atom is 0.416 e. The molecule has 0 aliphatic carbocycles. The molecule has 0 aliphatic heterocycles. The predicted molar refractivity (Wildman–Crippen MR) is 68.3 cm³/mol. The first-order chi connectivity index (χ1) is 10.4. The Hall–Kier alpha value is -2.84. The van der Waals surface area contributed by atoms with Gasteiger partial charge in [0.2, 0.25) is 0 Å². The van der Waals surface area contributed by atoms with Gasteiger partial charge >= 0.3 is 6.18 Å². The van der Waals surface area contributed by atoms with Crippen molar-refractivity contribution in [1.82, 2.24) is 20.2 Å². The summed E-state index contributed by atoms with van der Waals surface area (Å²) < 4.78 is 51.7. The van der Waals surface area contributed by atoms with Crippen molar-refractivity contribution < 1.29 is 17.6 Å². The SMILES string of the molecule is O=c1[nH]ncc2c(-c3ccc(C(F)(F)F)cc3F)ncnc12. The molecule has 0 fully saturated rings. The van der Waals surface area contributed by atoms with Gasteiger partial charge in [0.25, 0.3) is 5.56 Å². The zero-order valence-electron chi connectivity index (χ0n) is 10.6.